The van der Waals surface area contributed by atoms with Crippen LogP contribution >= 0.6 is 0 Å². The lowest BCUT2D eigenvalue weighted by molar-refractivity contribution is 0.266. The van der Waals surface area contributed by atoms with Crippen molar-refractivity contribution in [1.29, 1.82) is 0 Å². The third kappa shape index (κ3) is 1.68. The lowest BCUT2D eigenvalue weighted by Gasteiger charge is -2.29. The summed E-state index contributed by atoms with van der Waals surface area (Å²) < 4.78 is 0. The molecule has 0 amide bonds. The fourth-order valence-corrected chi connectivity index (χ4v) is 1.58. The third-order valence-corrected chi connectivity index (χ3v) is 2.52. The fraction of sp³-hybridized carbons (Fsp3) is 1.00. The summed E-state index contributed by atoms with van der Waals surface area (Å²) in [5.41, 5.74) is 5.87. The van der Waals surface area contributed by atoms with Crippen LogP contribution in [-0.4, -0.2) is 6.04 Å². The lowest BCUT2D eigenvalue weighted by Crippen LogP contribution is -2.34. The summed E-state index contributed by atoms with van der Waals surface area (Å²) in [7, 11) is 0. The first-order chi connectivity index (χ1) is 4.20. The number of hydrogen-bond acceptors (Lipinski definition) is 1. The Morgan fingerprint density at radius 1 is 1.22 bits per heavy atom. The second-order valence-electron chi connectivity index (χ2n) is 3.56. The van der Waals surface area contributed by atoms with Crippen LogP contribution in [0.4, 0.5) is 0 Å². The summed E-state index contributed by atoms with van der Waals surface area (Å²) in [5, 5.41) is 0. The molecule has 1 aliphatic carbocycles. The molecule has 9 heavy (non-hydrogen) atoms. The zero-order valence-electron chi connectivity index (χ0n) is 6.43. The van der Waals surface area contributed by atoms with Gasteiger partial charge in [0.2, 0.25) is 0 Å². The maximum absolute atomic E-state index is 5.87. The molecule has 0 bridgehead atoms. The van der Waals surface area contributed by atoms with Crippen LogP contribution in [0.5, 0.6) is 0 Å². The Labute approximate surface area is 57.6 Å². The van der Waals surface area contributed by atoms with Gasteiger partial charge in [-0.15, -0.1) is 0 Å². The van der Waals surface area contributed by atoms with Crippen molar-refractivity contribution in [1.82, 2.24) is 0 Å². The van der Waals surface area contributed by atoms with Gasteiger partial charge in [0.1, 0.15) is 0 Å². The van der Waals surface area contributed by atoms with Crippen molar-refractivity contribution >= 4 is 0 Å². The summed E-state index contributed by atoms with van der Waals surface area (Å²) >= 11 is 0. The first kappa shape index (κ1) is 7.07. The summed E-state index contributed by atoms with van der Waals surface area (Å²) in [6.45, 7) is 4.56. The van der Waals surface area contributed by atoms with Crippen LogP contribution in [0.25, 0.3) is 0 Å². The molecule has 0 aliphatic heterocycles. The van der Waals surface area contributed by atoms with Gasteiger partial charge in [0.15, 0.2) is 0 Å². The first-order valence-electron chi connectivity index (χ1n) is 3.95. The highest BCUT2D eigenvalue weighted by Crippen LogP contribution is 2.26. The van der Waals surface area contributed by atoms with E-state index >= 15 is 0 Å². The van der Waals surface area contributed by atoms with Crippen LogP contribution in [0.2, 0.25) is 0 Å². The normalized spacial score (nSPS) is 45.0. The molecule has 2 N–H and O–H groups in total. The second kappa shape index (κ2) is 2.70. The second-order valence-corrected chi connectivity index (χ2v) is 3.56. The van der Waals surface area contributed by atoms with Gasteiger partial charge in [-0.1, -0.05) is 20.3 Å². The standard InChI is InChI=1S/C8H17N/c1-6-3-4-7(2)8(9)5-6/h6-8H,3-5,9H2,1-2H3/t6-,7-,8-/m0/s1. The molecule has 54 valence electrons. The zero-order chi connectivity index (χ0) is 6.85. The van der Waals surface area contributed by atoms with Crippen molar-refractivity contribution in [2.45, 2.75) is 39.2 Å². The van der Waals surface area contributed by atoms with E-state index in [1.165, 1.54) is 19.3 Å². The average molecular weight is 127 g/mol. The van der Waals surface area contributed by atoms with Gasteiger partial charge in [-0.2, -0.15) is 0 Å². The van der Waals surface area contributed by atoms with E-state index in [0.29, 0.717) is 6.04 Å². The summed E-state index contributed by atoms with van der Waals surface area (Å²) in [5.74, 6) is 1.64. The average Bonchev–Trinajstić information content (AvgIpc) is 1.80. The van der Waals surface area contributed by atoms with Gasteiger partial charge >= 0.3 is 0 Å². The van der Waals surface area contributed by atoms with Gasteiger partial charge in [0, 0.05) is 6.04 Å². The van der Waals surface area contributed by atoms with E-state index in [0.717, 1.165) is 11.8 Å². The molecule has 1 saturated carbocycles. The van der Waals surface area contributed by atoms with E-state index in [-0.39, 0.29) is 0 Å². The van der Waals surface area contributed by atoms with Crippen molar-refractivity contribution < 1.29 is 0 Å². The Balaban J connectivity index is 2.35. The van der Waals surface area contributed by atoms with Gasteiger partial charge in [0.25, 0.3) is 0 Å². The molecule has 1 aliphatic rings. The van der Waals surface area contributed by atoms with E-state index in [1.807, 2.05) is 0 Å². The van der Waals surface area contributed by atoms with Crippen molar-refractivity contribution in [2.75, 3.05) is 0 Å². The largest absolute Gasteiger partial charge is 0.327 e. The van der Waals surface area contributed by atoms with Crippen molar-refractivity contribution in [3.05, 3.63) is 0 Å². The molecule has 3 atom stereocenters. The minimum atomic E-state index is 0.480. The number of nitrogens with two attached hydrogens (primary N) is 1. The molecule has 0 saturated heterocycles. The molecule has 0 heterocycles. The predicted molar refractivity (Wildman–Crippen MR) is 40.2 cm³/mol. The minimum absolute atomic E-state index is 0.480. The highest BCUT2D eigenvalue weighted by molar-refractivity contribution is 4.77. The molecule has 1 heteroatoms. The lowest BCUT2D eigenvalue weighted by atomic mass is 9.81. The molecular weight excluding hydrogens is 110 g/mol. The Bertz CT molecular complexity index is 90.6. The Morgan fingerprint density at radius 3 is 2.33 bits per heavy atom. The van der Waals surface area contributed by atoms with Crippen LogP contribution in [0.3, 0.4) is 0 Å². The van der Waals surface area contributed by atoms with E-state index in [4.69, 9.17) is 5.73 Å². The van der Waals surface area contributed by atoms with Crippen LogP contribution in [0, 0.1) is 11.8 Å². The summed E-state index contributed by atoms with van der Waals surface area (Å²) in [6, 6.07) is 0.480. The van der Waals surface area contributed by atoms with Gasteiger partial charge < -0.3 is 5.73 Å². The van der Waals surface area contributed by atoms with Crippen LogP contribution in [-0.2, 0) is 0 Å². The van der Waals surface area contributed by atoms with E-state index < -0.39 is 0 Å². The molecule has 1 rings (SSSR count). The maximum atomic E-state index is 5.87. The van der Waals surface area contributed by atoms with Crippen LogP contribution in [0.1, 0.15) is 33.1 Å². The molecule has 0 aromatic carbocycles. The molecular formula is C8H17N. The van der Waals surface area contributed by atoms with Gasteiger partial charge in [-0.3, -0.25) is 0 Å². The Hall–Kier alpha value is -0.0400. The van der Waals surface area contributed by atoms with Gasteiger partial charge in [-0.25, -0.2) is 0 Å². The van der Waals surface area contributed by atoms with Crippen LogP contribution < -0.4 is 5.73 Å². The molecule has 0 radical (unpaired) electrons. The Morgan fingerprint density at radius 2 is 1.89 bits per heavy atom. The highest BCUT2D eigenvalue weighted by Gasteiger charge is 2.21. The molecule has 0 spiro atoms. The Kier molecular flexibility index (Phi) is 2.12. The fourth-order valence-electron chi connectivity index (χ4n) is 1.58. The smallest absolute Gasteiger partial charge is 0.00670 e. The van der Waals surface area contributed by atoms with Crippen molar-refractivity contribution in [3.8, 4) is 0 Å². The number of rotatable bonds is 0. The predicted octanol–water partition coefficient (Wildman–Crippen LogP) is 1.77. The molecule has 0 aromatic heterocycles. The first-order valence-corrected chi connectivity index (χ1v) is 3.95. The highest BCUT2D eigenvalue weighted by atomic mass is 14.7. The van der Waals surface area contributed by atoms with Crippen molar-refractivity contribution in [2.24, 2.45) is 17.6 Å². The zero-order valence-corrected chi connectivity index (χ0v) is 6.43. The van der Waals surface area contributed by atoms with Crippen LogP contribution in [0.15, 0.2) is 0 Å². The SMILES string of the molecule is C[C@H]1CC[C@H](C)[C@@H](N)C1. The number of hydrogen-bond donors (Lipinski definition) is 1. The molecule has 1 fully saturated rings. The topological polar surface area (TPSA) is 26.0 Å². The van der Waals surface area contributed by atoms with Crippen molar-refractivity contribution in [3.63, 3.8) is 0 Å². The van der Waals surface area contributed by atoms with Gasteiger partial charge in [-0.05, 0) is 24.7 Å². The maximum Gasteiger partial charge on any atom is 0.00670 e. The van der Waals surface area contributed by atoms with Gasteiger partial charge in [0.05, 0.1) is 0 Å². The van der Waals surface area contributed by atoms with E-state index in [2.05, 4.69) is 13.8 Å². The molecule has 1 nitrogen and oxygen atoms in total. The quantitative estimate of drug-likeness (QED) is 0.527. The van der Waals surface area contributed by atoms with E-state index in [1.54, 1.807) is 0 Å². The molecule has 0 unspecified atom stereocenters. The summed E-state index contributed by atoms with van der Waals surface area (Å²) in [4.78, 5) is 0. The van der Waals surface area contributed by atoms with E-state index in [9.17, 15) is 0 Å². The minimum Gasteiger partial charge on any atom is -0.327 e. The molecule has 0 aromatic rings. The monoisotopic (exact) mass is 127 g/mol. The summed E-state index contributed by atoms with van der Waals surface area (Å²) in [6.07, 6.45) is 3.96. The third-order valence-electron chi connectivity index (χ3n) is 2.52.